The molecular weight excluding hydrogens is 240 g/mol. The molecule has 1 rings (SSSR count). The lowest BCUT2D eigenvalue weighted by molar-refractivity contribution is -0.118. The number of halogens is 1. The number of rotatable bonds is 6. The zero-order chi connectivity index (χ0) is 12.8. The second-order valence-electron chi connectivity index (χ2n) is 4.01. The number of carbonyl (C=O) groups is 1. The van der Waals surface area contributed by atoms with E-state index in [4.69, 9.17) is 27.8 Å². The van der Waals surface area contributed by atoms with Gasteiger partial charge in [-0.1, -0.05) is 17.7 Å². The second-order valence-corrected chi connectivity index (χ2v) is 4.42. The summed E-state index contributed by atoms with van der Waals surface area (Å²) >= 11 is 6.05. The third-order valence-corrected chi connectivity index (χ3v) is 2.46. The Morgan fingerprint density at radius 2 is 2.24 bits per heavy atom. The van der Waals surface area contributed by atoms with Crippen LogP contribution in [-0.4, -0.2) is 18.6 Å². The van der Waals surface area contributed by atoms with Crippen molar-refractivity contribution in [1.29, 1.82) is 0 Å². The first-order chi connectivity index (χ1) is 7.99. The van der Waals surface area contributed by atoms with Crippen molar-refractivity contribution in [2.45, 2.75) is 25.8 Å². The average molecular weight is 257 g/mol. The zero-order valence-electron chi connectivity index (χ0n) is 9.78. The van der Waals surface area contributed by atoms with E-state index in [1.165, 1.54) is 0 Å². The van der Waals surface area contributed by atoms with Gasteiger partial charge in [0, 0.05) is 6.04 Å². The van der Waals surface area contributed by atoms with Gasteiger partial charge < -0.3 is 16.2 Å². The Balaban J connectivity index is 2.59. The Bertz CT molecular complexity index is 394. The van der Waals surface area contributed by atoms with Crippen molar-refractivity contribution in [2.75, 3.05) is 6.61 Å². The molecule has 1 amide bonds. The minimum Gasteiger partial charge on any atom is -0.491 e. The molecule has 1 unspecified atom stereocenters. The fourth-order valence-electron chi connectivity index (χ4n) is 1.42. The van der Waals surface area contributed by atoms with Crippen LogP contribution in [0.1, 0.15) is 18.9 Å². The maximum atomic E-state index is 10.5. The molecule has 0 saturated heterocycles. The van der Waals surface area contributed by atoms with Gasteiger partial charge >= 0.3 is 0 Å². The highest BCUT2D eigenvalue weighted by atomic mass is 35.5. The fourth-order valence-corrected chi connectivity index (χ4v) is 1.68. The van der Waals surface area contributed by atoms with Gasteiger partial charge in [0.25, 0.3) is 0 Å². The minimum atomic E-state index is -0.394. The monoisotopic (exact) mass is 256 g/mol. The summed E-state index contributed by atoms with van der Waals surface area (Å²) < 4.78 is 5.34. The van der Waals surface area contributed by atoms with Crippen LogP contribution in [0.15, 0.2) is 18.2 Å². The number of hydrogen-bond acceptors (Lipinski definition) is 3. The number of nitrogens with two attached hydrogens (primary N) is 2. The third kappa shape index (κ3) is 5.06. The van der Waals surface area contributed by atoms with E-state index in [-0.39, 0.29) is 19.1 Å². The van der Waals surface area contributed by atoms with Crippen molar-refractivity contribution in [1.82, 2.24) is 0 Å². The SMILES string of the molecule is CC(N)Cc1ccc(OCCC(N)=O)c(Cl)c1. The Kier molecular flexibility index (Phi) is 5.25. The van der Waals surface area contributed by atoms with Crippen molar-refractivity contribution < 1.29 is 9.53 Å². The molecule has 0 aromatic heterocycles. The van der Waals surface area contributed by atoms with Crippen LogP contribution < -0.4 is 16.2 Å². The first-order valence-corrected chi connectivity index (χ1v) is 5.82. The van der Waals surface area contributed by atoms with Crippen LogP contribution in [0.2, 0.25) is 5.02 Å². The van der Waals surface area contributed by atoms with Crippen LogP contribution in [0.5, 0.6) is 5.75 Å². The summed E-state index contributed by atoms with van der Waals surface area (Å²) in [5.41, 5.74) is 11.8. The standard InChI is InChI=1S/C12H17ClN2O2/c1-8(14)6-9-2-3-11(10(13)7-9)17-5-4-12(15)16/h2-3,7-8H,4-6,14H2,1H3,(H2,15,16). The maximum Gasteiger partial charge on any atom is 0.220 e. The number of amides is 1. The quantitative estimate of drug-likeness (QED) is 0.809. The van der Waals surface area contributed by atoms with Gasteiger partial charge in [-0.25, -0.2) is 0 Å². The molecule has 0 saturated carbocycles. The predicted molar refractivity (Wildman–Crippen MR) is 68.1 cm³/mol. The van der Waals surface area contributed by atoms with Gasteiger partial charge in [0.2, 0.25) is 5.91 Å². The molecule has 1 aromatic rings. The van der Waals surface area contributed by atoms with Gasteiger partial charge in [0.15, 0.2) is 0 Å². The van der Waals surface area contributed by atoms with Crippen molar-refractivity contribution in [3.8, 4) is 5.75 Å². The minimum absolute atomic E-state index is 0.0905. The summed E-state index contributed by atoms with van der Waals surface area (Å²) in [5, 5.41) is 0.521. The summed E-state index contributed by atoms with van der Waals surface area (Å²) in [6.45, 7) is 2.17. The molecule has 0 radical (unpaired) electrons. The summed E-state index contributed by atoms with van der Waals surface area (Å²) in [7, 11) is 0. The smallest absolute Gasteiger partial charge is 0.220 e. The van der Waals surface area contributed by atoms with Crippen molar-refractivity contribution in [3.05, 3.63) is 28.8 Å². The Morgan fingerprint density at radius 1 is 1.53 bits per heavy atom. The summed E-state index contributed by atoms with van der Waals surface area (Å²) in [6, 6.07) is 5.60. The van der Waals surface area contributed by atoms with Gasteiger partial charge in [-0.05, 0) is 31.0 Å². The lowest BCUT2D eigenvalue weighted by atomic mass is 10.1. The van der Waals surface area contributed by atoms with Crippen LogP contribution in [0.25, 0.3) is 0 Å². The molecule has 0 heterocycles. The van der Waals surface area contributed by atoms with Crippen molar-refractivity contribution in [2.24, 2.45) is 11.5 Å². The van der Waals surface area contributed by atoms with Crippen LogP contribution in [-0.2, 0) is 11.2 Å². The van der Waals surface area contributed by atoms with Gasteiger partial charge in [-0.15, -0.1) is 0 Å². The van der Waals surface area contributed by atoms with Crippen LogP contribution in [0.3, 0.4) is 0 Å². The maximum absolute atomic E-state index is 10.5. The van der Waals surface area contributed by atoms with Crippen molar-refractivity contribution in [3.63, 3.8) is 0 Å². The van der Waals surface area contributed by atoms with Gasteiger partial charge in [0.1, 0.15) is 5.75 Å². The molecule has 0 aliphatic carbocycles. The van der Waals surface area contributed by atoms with Crippen molar-refractivity contribution >= 4 is 17.5 Å². The first kappa shape index (κ1) is 13.8. The normalized spacial score (nSPS) is 12.2. The van der Waals surface area contributed by atoms with Crippen LogP contribution >= 0.6 is 11.6 Å². The fraction of sp³-hybridized carbons (Fsp3) is 0.417. The number of hydrogen-bond donors (Lipinski definition) is 2. The molecule has 1 aromatic carbocycles. The van der Waals surface area contributed by atoms with Gasteiger partial charge in [-0.3, -0.25) is 4.79 Å². The lowest BCUT2D eigenvalue weighted by Crippen LogP contribution is -2.17. The van der Waals surface area contributed by atoms with Crippen LogP contribution in [0.4, 0.5) is 0 Å². The van der Waals surface area contributed by atoms with E-state index in [9.17, 15) is 4.79 Å². The van der Waals surface area contributed by atoms with E-state index in [1.54, 1.807) is 6.07 Å². The molecule has 17 heavy (non-hydrogen) atoms. The predicted octanol–water partition coefficient (Wildman–Crippen LogP) is 1.48. The third-order valence-electron chi connectivity index (χ3n) is 2.16. The Labute approximate surface area is 106 Å². The topological polar surface area (TPSA) is 78.3 Å². The van der Waals surface area contributed by atoms with E-state index in [0.29, 0.717) is 10.8 Å². The van der Waals surface area contributed by atoms with Crippen LogP contribution in [0, 0.1) is 0 Å². The summed E-state index contributed by atoms with van der Waals surface area (Å²) in [5.74, 6) is 0.163. The molecule has 0 bridgehead atoms. The van der Waals surface area contributed by atoms with E-state index in [0.717, 1.165) is 12.0 Å². The highest BCUT2D eigenvalue weighted by Gasteiger charge is 2.05. The lowest BCUT2D eigenvalue weighted by Gasteiger charge is -2.10. The first-order valence-electron chi connectivity index (χ1n) is 5.44. The van der Waals surface area contributed by atoms with E-state index < -0.39 is 5.91 Å². The number of carbonyl (C=O) groups excluding carboxylic acids is 1. The molecule has 0 aliphatic heterocycles. The molecular formula is C12H17ClN2O2. The largest absolute Gasteiger partial charge is 0.491 e. The molecule has 4 nitrogen and oxygen atoms in total. The summed E-state index contributed by atoms with van der Waals surface area (Å²) in [6.07, 6.45) is 0.944. The highest BCUT2D eigenvalue weighted by Crippen LogP contribution is 2.25. The van der Waals surface area contributed by atoms with E-state index in [2.05, 4.69) is 0 Å². The molecule has 5 heteroatoms. The zero-order valence-corrected chi connectivity index (χ0v) is 10.5. The van der Waals surface area contributed by atoms with E-state index in [1.807, 2.05) is 19.1 Å². The second kappa shape index (κ2) is 6.47. The Hall–Kier alpha value is -1.26. The molecule has 0 aliphatic rings. The average Bonchev–Trinajstić information content (AvgIpc) is 2.20. The van der Waals surface area contributed by atoms with Gasteiger partial charge in [0.05, 0.1) is 18.1 Å². The molecule has 1 atom stereocenters. The molecule has 0 spiro atoms. The number of benzene rings is 1. The molecule has 0 fully saturated rings. The van der Waals surface area contributed by atoms with Gasteiger partial charge in [-0.2, -0.15) is 0 Å². The molecule has 4 N–H and O–H groups in total. The molecule has 94 valence electrons. The van der Waals surface area contributed by atoms with E-state index >= 15 is 0 Å². The Morgan fingerprint density at radius 3 is 2.76 bits per heavy atom. The number of primary amides is 1. The summed E-state index contributed by atoms with van der Waals surface area (Å²) in [4.78, 5) is 10.5. The highest BCUT2D eigenvalue weighted by molar-refractivity contribution is 6.32. The number of ether oxygens (including phenoxy) is 1.